The van der Waals surface area contributed by atoms with E-state index in [0.717, 1.165) is 6.07 Å². The first-order valence-electron chi connectivity index (χ1n) is 11.1. The number of hydrogen-bond acceptors (Lipinski definition) is 6. The highest BCUT2D eigenvalue weighted by Gasteiger charge is 2.44. The lowest BCUT2D eigenvalue weighted by Gasteiger charge is -2.26. The summed E-state index contributed by atoms with van der Waals surface area (Å²) in [5.74, 6) is 0.131. The Labute approximate surface area is 210 Å². The standard InChI is InChI=1S/C27H21ClFNO6/c1-4-35-21-8-5-14(11-22(21)34-3)24-23-25(31)17-12-15(29)6-9-19(17)36-26(23)27(32)30(24)16-7-10-20(33-2)18(28)13-16/h5-13,24H,4H2,1-3H3. The Balaban J connectivity index is 1.78. The lowest BCUT2D eigenvalue weighted by atomic mass is 9.97. The van der Waals surface area contributed by atoms with Crippen LogP contribution < -0.4 is 24.5 Å². The van der Waals surface area contributed by atoms with Gasteiger partial charge in [0.1, 0.15) is 17.1 Å². The molecule has 36 heavy (non-hydrogen) atoms. The fourth-order valence-electron chi connectivity index (χ4n) is 4.46. The molecule has 2 heterocycles. The first-order valence-corrected chi connectivity index (χ1v) is 11.5. The highest BCUT2D eigenvalue weighted by Crippen LogP contribution is 2.44. The summed E-state index contributed by atoms with van der Waals surface area (Å²) >= 11 is 6.37. The van der Waals surface area contributed by atoms with Gasteiger partial charge in [0, 0.05) is 5.69 Å². The Bertz CT molecular complexity index is 1570. The van der Waals surface area contributed by atoms with Crippen molar-refractivity contribution in [1.82, 2.24) is 0 Å². The number of anilines is 1. The number of ether oxygens (including phenoxy) is 3. The molecule has 0 N–H and O–H groups in total. The van der Waals surface area contributed by atoms with Crippen molar-refractivity contribution in [3.05, 3.63) is 92.5 Å². The van der Waals surface area contributed by atoms with Crippen molar-refractivity contribution in [2.24, 2.45) is 0 Å². The topological polar surface area (TPSA) is 78.2 Å². The van der Waals surface area contributed by atoms with E-state index in [1.165, 1.54) is 31.3 Å². The highest BCUT2D eigenvalue weighted by molar-refractivity contribution is 6.32. The van der Waals surface area contributed by atoms with Gasteiger partial charge < -0.3 is 18.6 Å². The molecule has 184 valence electrons. The molecule has 0 spiro atoms. The van der Waals surface area contributed by atoms with Gasteiger partial charge in [0.2, 0.25) is 5.76 Å². The van der Waals surface area contributed by atoms with E-state index in [-0.39, 0.29) is 27.3 Å². The van der Waals surface area contributed by atoms with Crippen LogP contribution in [0.2, 0.25) is 5.02 Å². The number of fused-ring (bicyclic) bond motifs is 2. The van der Waals surface area contributed by atoms with Crippen molar-refractivity contribution in [2.75, 3.05) is 25.7 Å². The van der Waals surface area contributed by atoms with Gasteiger partial charge in [-0.2, -0.15) is 0 Å². The van der Waals surface area contributed by atoms with Crippen LogP contribution in [0.15, 0.2) is 63.8 Å². The van der Waals surface area contributed by atoms with Crippen molar-refractivity contribution in [3.8, 4) is 17.2 Å². The third-order valence-corrected chi connectivity index (χ3v) is 6.34. The molecule has 1 atom stereocenters. The van der Waals surface area contributed by atoms with E-state index in [4.69, 9.17) is 30.2 Å². The van der Waals surface area contributed by atoms with Crippen molar-refractivity contribution in [2.45, 2.75) is 13.0 Å². The van der Waals surface area contributed by atoms with Gasteiger partial charge in [0.25, 0.3) is 5.91 Å². The van der Waals surface area contributed by atoms with Crippen LogP contribution in [0.3, 0.4) is 0 Å². The second-order valence-corrected chi connectivity index (χ2v) is 8.46. The van der Waals surface area contributed by atoms with Crippen LogP contribution >= 0.6 is 11.6 Å². The molecule has 0 radical (unpaired) electrons. The summed E-state index contributed by atoms with van der Waals surface area (Å²) in [6.45, 7) is 2.28. The Morgan fingerprint density at radius 3 is 2.42 bits per heavy atom. The van der Waals surface area contributed by atoms with Gasteiger partial charge in [-0.25, -0.2) is 4.39 Å². The molecule has 1 aromatic heterocycles. The molecule has 1 aliphatic heterocycles. The Kier molecular flexibility index (Phi) is 6.05. The first kappa shape index (κ1) is 23.7. The lowest BCUT2D eigenvalue weighted by Crippen LogP contribution is -2.29. The number of rotatable bonds is 6. The van der Waals surface area contributed by atoms with Crippen LogP contribution in [-0.2, 0) is 0 Å². The molecule has 5 rings (SSSR count). The minimum absolute atomic E-state index is 0.0408. The quantitative estimate of drug-likeness (QED) is 0.329. The number of nitrogens with zero attached hydrogens (tertiary/aromatic N) is 1. The molecule has 9 heteroatoms. The minimum atomic E-state index is -0.898. The lowest BCUT2D eigenvalue weighted by molar-refractivity contribution is 0.0971. The van der Waals surface area contributed by atoms with Crippen LogP contribution in [0.25, 0.3) is 11.0 Å². The van der Waals surface area contributed by atoms with Crippen molar-refractivity contribution < 1.29 is 27.8 Å². The number of hydrogen-bond donors (Lipinski definition) is 0. The molecule has 4 aromatic rings. The predicted octanol–water partition coefficient (Wildman–Crippen LogP) is 5.75. The van der Waals surface area contributed by atoms with Gasteiger partial charge in [0.15, 0.2) is 16.9 Å². The molecule has 0 bridgehead atoms. The SMILES string of the molecule is CCOc1ccc(C2c3c(oc4ccc(F)cc4c3=O)C(=O)N2c2ccc(OC)c(Cl)c2)cc1OC. The van der Waals surface area contributed by atoms with Crippen LogP contribution in [0, 0.1) is 5.82 Å². The summed E-state index contributed by atoms with van der Waals surface area (Å²) < 4.78 is 36.3. The molecular weight excluding hydrogens is 489 g/mol. The molecule has 0 saturated carbocycles. The van der Waals surface area contributed by atoms with Gasteiger partial charge in [-0.15, -0.1) is 0 Å². The van der Waals surface area contributed by atoms with Crippen molar-refractivity contribution in [1.29, 1.82) is 0 Å². The van der Waals surface area contributed by atoms with Crippen LogP contribution in [0.4, 0.5) is 10.1 Å². The van der Waals surface area contributed by atoms with Gasteiger partial charge >= 0.3 is 0 Å². The number of amides is 1. The third-order valence-electron chi connectivity index (χ3n) is 6.05. The summed E-state index contributed by atoms with van der Waals surface area (Å²) in [4.78, 5) is 28.8. The van der Waals surface area contributed by atoms with Crippen molar-refractivity contribution in [3.63, 3.8) is 0 Å². The Morgan fingerprint density at radius 2 is 1.72 bits per heavy atom. The minimum Gasteiger partial charge on any atom is -0.495 e. The monoisotopic (exact) mass is 509 g/mol. The van der Waals surface area contributed by atoms with Gasteiger partial charge in [-0.3, -0.25) is 14.5 Å². The number of benzene rings is 3. The second kappa shape index (κ2) is 9.20. The zero-order valence-electron chi connectivity index (χ0n) is 19.6. The second-order valence-electron chi connectivity index (χ2n) is 8.05. The first-order chi connectivity index (χ1) is 17.4. The van der Waals surface area contributed by atoms with Gasteiger partial charge in [-0.1, -0.05) is 17.7 Å². The number of halogens is 2. The maximum atomic E-state index is 14.0. The molecular formula is C27H21ClFNO6. The number of carbonyl (C=O) groups is 1. The summed E-state index contributed by atoms with van der Waals surface area (Å²) in [6, 6.07) is 12.7. The fourth-order valence-corrected chi connectivity index (χ4v) is 4.71. The Hall–Kier alpha value is -4.04. The summed E-state index contributed by atoms with van der Waals surface area (Å²) in [6.07, 6.45) is 0. The van der Waals surface area contributed by atoms with E-state index in [2.05, 4.69) is 0 Å². The molecule has 0 saturated heterocycles. The van der Waals surface area contributed by atoms with E-state index in [0.29, 0.717) is 35.1 Å². The maximum Gasteiger partial charge on any atom is 0.295 e. The molecule has 3 aromatic carbocycles. The average molecular weight is 510 g/mol. The largest absolute Gasteiger partial charge is 0.495 e. The zero-order chi connectivity index (χ0) is 25.6. The molecule has 0 aliphatic carbocycles. The normalized spacial score (nSPS) is 14.8. The summed E-state index contributed by atoms with van der Waals surface area (Å²) in [7, 11) is 2.99. The van der Waals surface area contributed by atoms with Crippen LogP contribution in [-0.4, -0.2) is 26.7 Å². The third kappa shape index (κ3) is 3.74. The number of methoxy groups -OCH3 is 2. The summed E-state index contributed by atoms with van der Waals surface area (Å²) in [5, 5.41) is 0.326. The fraction of sp³-hybridized carbons (Fsp3) is 0.185. The van der Waals surface area contributed by atoms with Crippen LogP contribution in [0.1, 0.15) is 34.6 Å². The van der Waals surface area contributed by atoms with Crippen LogP contribution in [0.5, 0.6) is 17.2 Å². The van der Waals surface area contributed by atoms with E-state index in [9.17, 15) is 14.0 Å². The van der Waals surface area contributed by atoms with Gasteiger partial charge in [0.05, 0.1) is 42.8 Å². The Morgan fingerprint density at radius 1 is 0.972 bits per heavy atom. The average Bonchev–Trinajstić information content (AvgIpc) is 3.17. The smallest absolute Gasteiger partial charge is 0.295 e. The molecule has 1 aliphatic rings. The zero-order valence-corrected chi connectivity index (χ0v) is 20.4. The van der Waals surface area contributed by atoms with E-state index < -0.39 is 23.2 Å². The molecule has 1 amide bonds. The number of carbonyl (C=O) groups excluding carboxylic acids is 1. The maximum absolute atomic E-state index is 14.0. The molecule has 0 fully saturated rings. The molecule has 7 nitrogen and oxygen atoms in total. The van der Waals surface area contributed by atoms with Crippen molar-refractivity contribution >= 4 is 34.2 Å². The van der Waals surface area contributed by atoms with E-state index >= 15 is 0 Å². The predicted molar refractivity (Wildman–Crippen MR) is 133 cm³/mol. The van der Waals surface area contributed by atoms with Gasteiger partial charge in [-0.05, 0) is 61.0 Å². The highest BCUT2D eigenvalue weighted by atomic mass is 35.5. The van der Waals surface area contributed by atoms with E-state index in [1.807, 2.05) is 6.92 Å². The van der Waals surface area contributed by atoms with E-state index in [1.54, 1.807) is 36.4 Å². The summed E-state index contributed by atoms with van der Waals surface area (Å²) in [5.41, 5.74) is 0.698. The molecule has 1 unspecified atom stereocenters.